The van der Waals surface area contributed by atoms with Crippen molar-refractivity contribution < 1.29 is 14.3 Å². The molecule has 1 atom stereocenters. The number of rotatable bonds is 2. The first-order valence-electron chi connectivity index (χ1n) is 4.45. The first-order chi connectivity index (χ1) is 7.11. The molecule has 15 heavy (non-hydrogen) atoms. The van der Waals surface area contributed by atoms with Crippen LogP contribution in [0.1, 0.15) is 29.1 Å². The second-order valence-corrected chi connectivity index (χ2v) is 3.26. The second kappa shape index (κ2) is 3.34. The third kappa shape index (κ3) is 1.45. The number of nitrogens with one attached hydrogen (secondary N) is 1. The van der Waals surface area contributed by atoms with Crippen LogP contribution < -0.4 is 0 Å². The lowest BCUT2D eigenvalue weighted by Crippen LogP contribution is -1.98. The van der Waals surface area contributed by atoms with Crippen LogP contribution in [0.2, 0.25) is 0 Å². The third-order valence-electron chi connectivity index (χ3n) is 2.24. The summed E-state index contributed by atoms with van der Waals surface area (Å²) in [6.45, 7) is 1.34. The molecule has 0 spiro atoms. The van der Waals surface area contributed by atoms with E-state index in [1.165, 1.54) is 13.0 Å². The summed E-state index contributed by atoms with van der Waals surface area (Å²) in [4.78, 5) is 10.9. The van der Waals surface area contributed by atoms with E-state index in [4.69, 9.17) is 5.11 Å². The molecule has 0 saturated heterocycles. The van der Waals surface area contributed by atoms with Crippen molar-refractivity contribution in [3.05, 3.63) is 29.5 Å². The number of nitrogens with zero attached hydrogens (tertiary/aromatic N) is 1. The number of hydrogen-bond donors (Lipinski definition) is 2. The van der Waals surface area contributed by atoms with E-state index in [1.807, 2.05) is 0 Å². The van der Waals surface area contributed by atoms with Crippen LogP contribution in [-0.2, 0) is 0 Å². The van der Waals surface area contributed by atoms with E-state index in [0.29, 0.717) is 10.9 Å². The number of H-pyrrole nitrogens is 1. The van der Waals surface area contributed by atoms with Crippen molar-refractivity contribution >= 4 is 16.9 Å². The fraction of sp³-hybridized carbons (Fsp3) is 0.200. The Morgan fingerprint density at radius 2 is 2.33 bits per heavy atom. The number of benzene rings is 1. The number of aromatic amines is 1. The molecule has 0 aliphatic heterocycles. The molecule has 0 fully saturated rings. The highest BCUT2D eigenvalue weighted by Gasteiger charge is 2.17. The molecule has 2 N–H and O–H groups in total. The van der Waals surface area contributed by atoms with Crippen molar-refractivity contribution in [2.24, 2.45) is 0 Å². The molecule has 4 nitrogen and oxygen atoms in total. The lowest BCUT2D eigenvalue weighted by atomic mass is 10.1. The zero-order valence-corrected chi connectivity index (χ0v) is 7.99. The van der Waals surface area contributed by atoms with Gasteiger partial charge < -0.3 is 5.11 Å². The smallest absolute Gasteiger partial charge is 0.336 e. The average Bonchev–Trinajstić information content (AvgIpc) is 2.60. The molecular weight excluding hydrogens is 199 g/mol. The van der Waals surface area contributed by atoms with Gasteiger partial charge in [0.1, 0.15) is 6.17 Å². The van der Waals surface area contributed by atoms with E-state index in [9.17, 15) is 9.18 Å². The van der Waals surface area contributed by atoms with Crippen molar-refractivity contribution in [2.45, 2.75) is 13.1 Å². The number of halogens is 1. The molecule has 2 rings (SSSR count). The summed E-state index contributed by atoms with van der Waals surface area (Å²) in [7, 11) is 0. The highest BCUT2D eigenvalue weighted by molar-refractivity contribution is 6.03. The Kier molecular flexibility index (Phi) is 2.15. The van der Waals surface area contributed by atoms with Crippen molar-refractivity contribution in [2.75, 3.05) is 0 Å². The fourth-order valence-electron chi connectivity index (χ4n) is 1.56. The highest BCUT2D eigenvalue weighted by Crippen LogP contribution is 2.26. The molecule has 1 aromatic heterocycles. The Bertz CT molecular complexity index is 519. The van der Waals surface area contributed by atoms with Crippen LogP contribution in [-0.4, -0.2) is 21.3 Å². The third-order valence-corrected chi connectivity index (χ3v) is 2.24. The minimum atomic E-state index is -1.27. The first-order valence-corrected chi connectivity index (χ1v) is 4.45. The number of aromatic carboxylic acids is 1. The van der Waals surface area contributed by atoms with E-state index >= 15 is 0 Å². The van der Waals surface area contributed by atoms with Crippen LogP contribution in [0.25, 0.3) is 10.9 Å². The van der Waals surface area contributed by atoms with Gasteiger partial charge in [-0.3, -0.25) is 5.10 Å². The maximum Gasteiger partial charge on any atom is 0.336 e. The van der Waals surface area contributed by atoms with Crippen molar-refractivity contribution in [1.29, 1.82) is 0 Å². The number of carbonyl (C=O) groups is 1. The summed E-state index contributed by atoms with van der Waals surface area (Å²) in [6, 6.07) is 4.66. The van der Waals surface area contributed by atoms with Gasteiger partial charge in [-0.2, -0.15) is 5.10 Å². The predicted octanol–water partition coefficient (Wildman–Crippen LogP) is 2.29. The molecule has 0 aliphatic carbocycles. The molecule has 1 unspecified atom stereocenters. The van der Waals surface area contributed by atoms with Crippen LogP contribution in [0, 0.1) is 0 Å². The van der Waals surface area contributed by atoms with Gasteiger partial charge in [-0.25, -0.2) is 9.18 Å². The second-order valence-electron chi connectivity index (χ2n) is 3.26. The number of hydrogen-bond acceptors (Lipinski definition) is 2. The molecule has 0 amide bonds. The SMILES string of the molecule is CC(F)c1[nH]nc2cccc(C(=O)O)c12. The highest BCUT2D eigenvalue weighted by atomic mass is 19.1. The number of carboxylic acids is 1. The summed E-state index contributed by atoms with van der Waals surface area (Å²) in [5.41, 5.74) is 0.748. The van der Waals surface area contributed by atoms with Gasteiger partial charge in [-0.05, 0) is 19.1 Å². The van der Waals surface area contributed by atoms with E-state index < -0.39 is 12.1 Å². The molecular formula is C10H9FN2O2. The summed E-state index contributed by atoms with van der Waals surface area (Å²) in [6.07, 6.45) is -1.27. The molecule has 0 saturated carbocycles. The fourth-order valence-corrected chi connectivity index (χ4v) is 1.56. The van der Waals surface area contributed by atoms with Gasteiger partial charge in [-0.15, -0.1) is 0 Å². The minimum absolute atomic E-state index is 0.0701. The number of carboxylic acid groups (broad SMARTS) is 1. The Hall–Kier alpha value is -1.91. The summed E-state index contributed by atoms with van der Waals surface area (Å²) >= 11 is 0. The number of alkyl halides is 1. The van der Waals surface area contributed by atoms with Gasteiger partial charge in [0.25, 0.3) is 0 Å². The minimum Gasteiger partial charge on any atom is -0.478 e. The van der Waals surface area contributed by atoms with E-state index in [1.54, 1.807) is 12.1 Å². The maximum atomic E-state index is 13.2. The van der Waals surface area contributed by atoms with Crippen molar-refractivity contribution in [3.8, 4) is 0 Å². The largest absolute Gasteiger partial charge is 0.478 e. The van der Waals surface area contributed by atoms with Crippen molar-refractivity contribution in [3.63, 3.8) is 0 Å². The molecule has 0 aliphatic rings. The summed E-state index contributed by atoms with van der Waals surface area (Å²) in [5, 5.41) is 15.7. The predicted molar refractivity (Wildman–Crippen MR) is 52.6 cm³/mol. The topological polar surface area (TPSA) is 66.0 Å². The average molecular weight is 208 g/mol. The lowest BCUT2D eigenvalue weighted by molar-refractivity contribution is 0.0699. The van der Waals surface area contributed by atoms with Crippen molar-refractivity contribution in [1.82, 2.24) is 10.2 Å². The number of aromatic nitrogens is 2. The van der Waals surface area contributed by atoms with E-state index in [0.717, 1.165) is 0 Å². The Morgan fingerprint density at radius 3 is 2.93 bits per heavy atom. The molecule has 78 valence electrons. The van der Waals surface area contributed by atoms with Crippen LogP contribution in [0.15, 0.2) is 18.2 Å². The van der Waals surface area contributed by atoms with Crippen LogP contribution in [0.5, 0.6) is 0 Å². The van der Waals surface area contributed by atoms with Gasteiger partial charge in [0.2, 0.25) is 0 Å². The van der Waals surface area contributed by atoms with Gasteiger partial charge in [0, 0.05) is 5.39 Å². The van der Waals surface area contributed by atoms with Crippen LogP contribution in [0.4, 0.5) is 4.39 Å². The first kappa shape index (κ1) is 9.64. The normalized spacial score (nSPS) is 12.9. The van der Waals surface area contributed by atoms with Gasteiger partial charge >= 0.3 is 5.97 Å². The zero-order valence-electron chi connectivity index (χ0n) is 7.99. The molecule has 2 aromatic rings. The maximum absolute atomic E-state index is 13.2. The van der Waals surface area contributed by atoms with Gasteiger partial charge in [-0.1, -0.05) is 6.07 Å². The van der Waals surface area contributed by atoms with Crippen LogP contribution >= 0.6 is 0 Å². The molecule has 5 heteroatoms. The quantitative estimate of drug-likeness (QED) is 0.795. The summed E-state index contributed by atoms with van der Waals surface area (Å²) in [5.74, 6) is -1.08. The lowest BCUT2D eigenvalue weighted by Gasteiger charge is -2.01. The standard InChI is InChI=1S/C10H9FN2O2/c1-5(11)9-8-6(10(14)15)3-2-4-7(8)12-13-9/h2-5H,1H3,(H,12,13)(H,14,15). The molecule has 0 radical (unpaired) electrons. The van der Waals surface area contributed by atoms with Gasteiger partial charge in [0.05, 0.1) is 16.8 Å². The zero-order chi connectivity index (χ0) is 11.0. The Labute approximate surface area is 84.7 Å². The molecule has 0 bridgehead atoms. The Morgan fingerprint density at radius 1 is 1.60 bits per heavy atom. The van der Waals surface area contributed by atoms with E-state index in [-0.39, 0.29) is 11.3 Å². The monoisotopic (exact) mass is 208 g/mol. The number of fused-ring (bicyclic) bond motifs is 1. The van der Waals surface area contributed by atoms with Crippen LogP contribution in [0.3, 0.4) is 0 Å². The summed E-state index contributed by atoms with van der Waals surface area (Å²) < 4.78 is 13.2. The Balaban J connectivity index is 2.80. The molecule has 1 aromatic carbocycles. The molecule has 1 heterocycles. The van der Waals surface area contributed by atoms with Gasteiger partial charge in [0.15, 0.2) is 0 Å². The van der Waals surface area contributed by atoms with E-state index in [2.05, 4.69) is 10.2 Å².